The molecule has 0 amide bonds. The number of halogens is 1. The van der Waals surface area contributed by atoms with E-state index in [4.69, 9.17) is 16.9 Å². The number of hydrogen-bond acceptors (Lipinski definition) is 3. The number of aryl methyl sites for hydroxylation is 1. The minimum atomic E-state index is -0.459. The predicted molar refractivity (Wildman–Crippen MR) is 56.7 cm³/mol. The summed E-state index contributed by atoms with van der Waals surface area (Å²) in [6.07, 6.45) is 1.03. The number of nitrogens with zero attached hydrogens (tertiary/aromatic N) is 1. The fraction of sp³-hybridized carbons (Fsp3) is 0.273. The zero-order valence-electron chi connectivity index (χ0n) is 8.29. The number of ether oxygens (including phenoxy) is 1. The van der Waals surface area contributed by atoms with Crippen molar-refractivity contribution in [2.75, 3.05) is 7.11 Å². The lowest BCUT2D eigenvalue weighted by molar-refractivity contribution is 0.0601. The molecule has 0 aliphatic rings. The molecule has 0 fully saturated rings. The smallest absolute Gasteiger partial charge is 0.339 e. The van der Waals surface area contributed by atoms with Gasteiger partial charge in [0.05, 0.1) is 23.8 Å². The molecule has 0 aliphatic heterocycles. The lowest BCUT2D eigenvalue weighted by atomic mass is 10.1. The van der Waals surface area contributed by atoms with Crippen LogP contribution in [0.3, 0.4) is 0 Å². The van der Waals surface area contributed by atoms with Gasteiger partial charge in [-0.3, -0.25) is 0 Å². The maximum Gasteiger partial charge on any atom is 0.339 e. The first-order valence-corrected chi connectivity index (χ1v) is 4.80. The van der Waals surface area contributed by atoms with Crippen LogP contribution in [0.1, 0.15) is 22.3 Å². The molecule has 1 rings (SSSR count). The molecule has 0 heterocycles. The van der Waals surface area contributed by atoms with Crippen molar-refractivity contribution in [3.63, 3.8) is 0 Å². The number of carbonyl (C=O) groups excluding carboxylic acids is 1. The van der Waals surface area contributed by atoms with E-state index in [0.717, 1.165) is 5.56 Å². The van der Waals surface area contributed by atoms with Crippen molar-refractivity contribution >= 4 is 17.6 Å². The van der Waals surface area contributed by atoms with Crippen molar-refractivity contribution in [2.45, 2.75) is 12.8 Å². The number of esters is 1. The molecule has 0 saturated heterocycles. The average Bonchev–Trinajstić information content (AvgIpc) is 2.27. The zero-order valence-corrected chi connectivity index (χ0v) is 9.04. The summed E-state index contributed by atoms with van der Waals surface area (Å²) in [6, 6.07) is 7.14. The van der Waals surface area contributed by atoms with E-state index in [2.05, 4.69) is 4.74 Å². The number of methoxy groups -OCH3 is 1. The van der Waals surface area contributed by atoms with Gasteiger partial charge in [0.15, 0.2) is 0 Å². The zero-order chi connectivity index (χ0) is 11.3. The molecule has 0 bridgehead atoms. The summed E-state index contributed by atoms with van der Waals surface area (Å²) >= 11 is 5.84. The predicted octanol–water partition coefficient (Wildman–Crippen LogP) is 2.58. The molecule has 0 atom stereocenters. The molecule has 0 aliphatic carbocycles. The van der Waals surface area contributed by atoms with Gasteiger partial charge < -0.3 is 4.74 Å². The van der Waals surface area contributed by atoms with Gasteiger partial charge in [0.2, 0.25) is 0 Å². The topological polar surface area (TPSA) is 50.1 Å². The van der Waals surface area contributed by atoms with Crippen molar-refractivity contribution in [1.29, 1.82) is 5.26 Å². The van der Waals surface area contributed by atoms with Gasteiger partial charge in [-0.2, -0.15) is 5.26 Å². The Kier molecular flexibility index (Phi) is 4.14. The summed E-state index contributed by atoms with van der Waals surface area (Å²) in [7, 11) is 1.31. The largest absolute Gasteiger partial charge is 0.465 e. The molecule has 0 saturated carbocycles. The number of nitriles is 1. The van der Waals surface area contributed by atoms with Crippen LogP contribution in [-0.4, -0.2) is 13.1 Å². The number of benzene rings is 1. The lowest BCUT2D eigenvalue weighted by Crippen LogP contribution is -2.03. The molecular weight excluding hydrogens is 214 g/mol. The summed E-state index contributed by atoms with van der Waals surface area (Å²) in [5, 5.41) is 8.80. The maximum atomic E-state index is 11.3. The Bertz CT molecular complexity index is 410. The Morgan fingerprint density at radius 1 is 1.60 bits per heavy atom. The van der Waals surface area contributed by atoms with Gasteiger partial charge >= 0.3 is 5.97 Å². The van der Waals surface area contributed by atoms with Crippen LogP contribution in [0.5, 0.6) is 0 Å². The highest BCUT2D eigenvalue weighted by Gasteiger charge is 2.10. The minimum Gasteiger partial charge on any atom is -0.465 e. The fourth-order valence-corrected chi connectivity index (χ4v) is 1.39. The highest BCUT2D eigenvalue weighted by Crippen LogP contribution is 2.19. The third kappa shape index (κ3) is 2.97. The number of hydrogen-bond donors (Lipinski definition) is 0. The SMILES string of the molecule is COC(=O)c1cc(CCC#N)ccc1Cl. The van der Waals surface area contributed by atoms with Gasteiger partial charge in [-0.05, 0) is 24.1 Å². The van der Waals surface area contributed by atoms with E-state index in [1.807, 2.05) is 6.07 Å². The quantitative estimate of drug-likeness (QED) is 0.740. The standard InChI is InChI=1S/C11H10ClNO2/c1-15-11(14)9-7-8(3-2-6-13)4-5-10(9)12/h4-5,7H,2-3H2,1H3. The Labute approximate surface area is 93.2 Å². The van der Waals surface area contributed by atoms with Crippen molar-refractivity contribution in [3.05, 3.63) is 34.3 Å². The van der Waals surface area contributed by atoms with Gasteiger partial charge in [-0.25, -0.2) is 4.79 Å². The summed E-state index contributed by atoms with van der Waals surface area (Å²) in [5.74, 6) is -0.459. The van der Waals surface area contributed by atoms with E-state index >= 15 is 0 Å². The van der Waals surface area contributed by atoms with E-state index in [0.29, 0.717) is 23.4 Å². The molecule has 78 valence electrons. The van der Waals surface area contributed by atoms with E-state index in [1.54, 1.807) is 18.2 Å². The first kappa shape index (κ1) is 11.5. The monoisotopic (exact) mass is 223 g/mol. The van der Waals surface area contributed by atoms with Crippen LogP contribution in [0.15, 0.2) is 18.2 Å². The normalized spacial score (nSPS) is 9.40. The first-order chi connectivity index (χ1) is 7.19. The summed E-state index contributed by atoms with van der Waals surface area (Å²) in [5.41, 5.74) is 1.25. The van der Waals surface area contributed by atoms with Gasteiger partial charge in [-0.1, -0.05) is 17.7 Å². The minimum absolute atomic E-state index is 0.342. The molecule has 3 nitrogen and oxygen atoms in total. The molecule has 1 aromatic rings. The second-order valence-electron chi connectivity index (χ2n) is 2.96. The van der Waals surface area contributed by atoms with Crippen molar-refractivity contribution in [2.24, 2.45) is 0 Å². The second-order valence-corrected chi connectivity index (χ2v) is 3.37. The first-order valence-electron chi connectivity index (χ1n) is 4.42. The Balaban J connectivity index is 2.96. The Hall–Kier alpha value is -1.53. The van der Waals surface area contributed by atoms with Crippen LogP contribution in [0, 0.1) is 11.3 Å². The van der Waals surface area contributed by atoms with Gasteiger partial charge in [0.25, 0.3) is 0 Å². The van der Waals surface area contributed by atoms with E-state index in [-0.39, 0.29) is 0 Å². The van der Waals surface area contributed by atoms with Crippen molar-refractivity contribution < 1.29 is 9.53 Å². The molecule has 0 unspecified atom stereocenters. The molecule has 15 heavy (non-hydrogen) atoms. The van der Waals surface area contributed by atoms with Crippen LogP contribution < -0.4 is 0 Å². The van der Waals surface area contributed by atoms with E-state index < -0.39 is 5.97 Å². The molecule has 1 aromatic carbocycles. The summed E-state index contributed by atoms with van der Waals surface area (Å²) in [6.45, 7) is 0. The van der Waals surface area contributed by atoms with Crippen LogP contribution in [0.25, 0.3) is 0 Å². The third-order valence-corrected chi connectivity index (χ3v) is 2.29. The number of carbonyl (C=O) groups is 1. The fourth-order valence-electron chi connectivity index (χ4n) is 1.19. The maximum absolute atomic E-state index is 11.3. The highest BCUT2D eigenvalue weighted by atomic mass is 35.5. The molecule has 0 radical (unpaired) electrons. The Morgan fingerprint density at radius 3 is 2.93 bits per heavy atom. The molecular formula is C11H10ClNO2. The molecule has 4 heteroatoms. The average molecular weight is 224 g/mol. The van der Waals surface area contributed by atoms with Crippen LogP contribution in [-0.2, 0) is 11.2 Å². The van der Waals surface area contributed by atoms with Crippen molar-refractivity contribution in [3.8, 4) is 6.07 Å². The van der Waals surface area contributed by atoms with E-state index in [1.165, 1.54) is 7.11 Å². The van der Waals surface area contributed by atoms with Crippen LogP contribution >= 0.6 is 11.6 Å². The third-order valence-electron chi connectivity index (χ3n) is 1.96. The van der Waals surface area contributed by atoms with Crippen molar-refractivity contribution in [1.82, 2.24) is 0 Å². The summed E-state index contributed by atoms with van der Waals surface area (Å²) < 4.78 is 4.59. The van der Waals surface area contributed by atoms with Gasteiger partial charge in [0.1, 0.15) is 0 Å². The van der Waals surface area contributed by atoms with E-state index in [9.17, 15) is 4.79 Å². The van der Waals surface area contributed by atoms with Gasteiger partial charge in [0, 0.05) is 6.42 Å². The Morgan fingerprint density at radius 2 is 2.33 bits per heavy atom. The molecule has 0 spiro atoms. The van der Waals surface area contributed by atoms with Crippen LogP contribution in [0.4, 0.5) is 0 Å². The summed E-state index contributed by atoms with van der Waals surface area (Å²) in [4.78, 5) is 11.3. The molecule has 0 N–H and O–H groups in total. The van der Waals surface area contributed by atoms with Crippen LogP contribution in [0.2, 0.25) is 5.02 Å². The lowest BCUT2D eigenvalue weighted by Gasteiger charge is -2.04. The van der Waals surface area contributed by atoms with Gasteiger partial charge in [-0.15, -0.1) is 0 Å². The highest BCUT2D eigenvalue weighted by molar-refractivity contribution is 6.33. The molecule has 0 aromatic heterocycles. The second kappa shape index (κ2) is 5.38. The number of rotatable bonds is 3.